The van der Waals surface area contributed by atoms with Gasteiger partial charge in [0, 0.05) is 4.88 Å². The van der Waals surface area contributed by atoms with Gasteiger partial charge in [-0.3, -0.25) is 4.79 Å². The normalized spacial score (nSPS) is 18.1. The van der Waals surface area contributed by atoms with Crippen LogP contribution in [0.25, 0.3) is 10.2 Å². The highest BCUT2D eigenvalue weighted by Gasteiger charge is 2.45. The van der Waals surface area contributed by atoms with E-state index in [1.807, 2.05) is 6.92 Å². The molecule has 1 aromatic carbocycles. The molecule has 1 spiro atoms. The van der Waals surface area contributed by atoms with Crippen molar-refractivity contribution in [1.82, 2.24) is 9.55 Å². The fraction of sp³-hybridized carbons (Fsp3) is 0.400. The van der Waals surface area contributed by atoms with Crippen LogP contribution in [0.5, 0.6) is 0 Å². The van der Waals surface area contributed by atoms with Gasteiger partial charge in [0.15, 0.2) is 0 Å². The number of fused-ring (bicyclic) bond motifs is 6. The van der Waals surface area contributed by atoms with Crippen molar-refractivity contribution in [3.05, 3.63) is 62.0 Å². The van der Waals surface area contributed by atoms with Crippen molar-refractivity contribution >= 4 is 21.6 Å². The minimum Gasteiger partial charge on any atom is -0.315 e. The quantitative estimate of drug-likeness (QED) is 0.613. The summed E-state index contributed by atoms with van der Waals surface area (Å²) >= 11 is 1.75. The highest BCUT2D eigenvalue weighted by atomic mass is 32.1. The van der Waals surface area contributed by atoms with Crippen molar-refractivity contribution < 1.29 is 0 Å². The van der Waals surface area contributed by atoms with Crippen molar-refractivity contribution in [1.29, 1.82) is 0 Å². The number of aromatic nitrogens is 2. The van der Waals surface area contributed by atoms with Crippen molar-refractivity contribution in [3.8, 4) is 0 Å². The summed E-state index contributed by atoms with van der Waals surface area (Å²) in [4.78, 5) is 19.8. The van der Waals surface area contributed by atoms with Gasteiger partial charge in [0.05, 0.1) is 17.3 Å². The van der Waals surface area contributed by atoms with Gasteiger partial charge in [0.1, 0.15) is 10.7 Å². The Kier molecular flexibility index (Phi) is 2.88. The molecule has 0 N–H and O–H groups in total. The molecule has 1 aliphatic carbocycles. The van der Waals surface area contributed by atoms with Gasteiger partial charge in [-0.25, -0.2) is 0 Å². The summed E-state index contributed by atoms with van der Waals surface area (Å²) in [7, 11) is 0. The van der Waals surface area contributed by atoms with E-state index in [4.69, 9.17) is 0 Å². The van der Waals surface area contributed by atoms with Gasteiger partial charge in [-0.2, -0.15) is 4.98 Å². The van der Waals surface area contributed by atoms with E-state index in [0.29, 0.717) is 0 Å². The molecule has 2 aromatic heterocycles. The molecule has 3 nitrogen and oxygen atoms in total. The Bertz CT molecular complexity index is 1040. The summed E-state index contributed by atoms with van der Waals surface area (Å²) in [6.45, 7) is 4.98. The second-order valence-corrected chi connectivity index (χ2v) is 8.44. The lowest BCUT2D eigenvalue weighted by Crippen LogP contribution is -2.38. The number of thiophene rings is 1. The number of hydrogen-bond donors (Lipinski definition) is 0. The molecule has 1 fully saturated rings. The molecule has 4 heteroatoms. The standard InChI is InChI=1S/C20H20N2OS/c1-12-13(2)24-18-16(12)17(23)21-19-20(9-5-6-10-20)15-8-4-3-7-14(15)11-22(18)19/h3-4,7-8H,5-6,9-11H2,1-2H3. The third kappa shape index (κ3) is 1.67. The zero-order valence-corrected chi connectivity index (χ0v) is 14.9. The number of benzene rings is 1. The molecule has 2 aliphatic rings. The third-order valence-electron chi connectivity index (χ3n) is 6.04. The summed E-state index contributed by atoms with van der Waals surface area (Å²) in [5, 5.41) is 0.828. The fourth-order valence-electron chi connectivity index (χ4n) is 4.76. The lowest BCUT2D eigenvalue weighted by Gasteiger charge is -2.37. The topological polar surface area (TPSA) is 34.9 Å². The molecule has 0 atom stereocenters. The second-order valence-electron chi connectivity index (χ2n) is 7.24. The van der Waals surface area contributed by atoms with Crippen LogP contribution >= 0.6 is 11.3 Å². The van der Waals surface area contributed by atoms with E-state index in [2.05, 4.69) is 40.7 Å². The van der Waals surface area contributed by atoms with Gasteiger partial charge in [0.25, 0.3) is 5.56 Å². The number of rotatable bonds is 0. The first-order valence-electron chi connectivity index (χ1n) is 8.71. The van der Waals surface area contributed by atoms with Crippen LogP contribution in [0.2, 0.25) is 0 Å². The Balaban J connectivity index is 1.92. The molecule has 1 aliphatic heterocycles. The van der Waals surface area contributed by atoms with Gasteiger partial charge in [-0.05, 0) is 43.4 Å². The molecule has 3 heterocycles. The molecule has 0 bridgehead atoms. The SMILES string of the molecule is Cc1sc2c(c1C)c(=O)nc1n2Cc2ccccc2C12CCCC2. The molecular formula is C20H20N2OS. The predicted molar refractivity (Wildman–Crippen MR) is 98.1 cm³/mol. The Morgan fingerprint density at radius 1 is 1.17 bits per heavy atom. The molecular weight excluding hydrogens is 316 g/mol. The van der Waals surface area contributed by atoms with E-state index in [-0.39, 0.29) is 11.0 Å². The average Bonchev–Trinajstić information content (AvgIpc) is 3.17. The van der Waals surface area contributed by atoms with Crippen LogP contribution in [-0.2, 0) is 12.0 Å². The summed E-state index contributed by atoms with van der Waals surface area (Å²) in [6.07, 6.45) is 4.63. The van der Waals surface area contributed by atoms with Crippen molar-refractivity contribution in [2.45, 2.75) is 51.5 Å². The monoisotopic (exact) mass is 336 g/mol. The molecule has 0 amide bonds. The zero-order valence-electron chi connectivity index (χ0n) is 14.1. The van der Waals surface area contributed by atoms with E-state index in [1.165, 1.54) is 28.8 Å². The maximum absolute atomic E-state index is 12.8. The van der Waals surface area contributed by atoms with Crippen LogP contribution in [0.4, 0.5) is 0 Å². The van der Waals surface area contributed by atoms with Crippen LogP contribution in [0.15, 0.2) is 29.1 Å². The first-order chi connectivity index (χ1) is 11.6. The second kappa shape index (κ2) is 4.79. The minimum atomic E-state index is -0.0615. The zero-order chi connectivity index (χ0) is 16.5. The van der Waals surface area contributed by atoms with Gasteiger partial charge in [-0.15, -0.1) is 11.3 Å². The third-order valence-corrected chi connectivity index (χ3v) is 7.27. The van der Waals surface area contributed by atoms with E-state index < -0.39 is 0 Å². The summed E-state index contributed by atoms with van der Waals surface area (Å²) in [6, 6.07) is 8.76. The van der Waals surface area contributed by atoms with Crippen molar-refractivity contribution in [3.63, 3.8) is 0 Å². The van der Waals surface area contributed by atoms with Gasteiger partial charge < -0.3 is 4.57 Å². The Morgan fingerprint density at radius 3 is 2.71 bits per heavy atom. The molecule has 3 aromatic rings. The summed E-state index contributed by atoms with van der Waals surface area (Å²) < 4.78 is 2.34. The molecule has 0 radical (unpaired) electrons. The molecule has 0 saturated heterocycles. The van der Waals surface area contributed by atoms with Gasteiger partial charge in [-0.1, -0.05) is 37.1 Å². The first kappa shape index (κ1) is 14.4. The van der Waals surface area contributed by atoms with E-state index in [9.17, 15) is 4.79 Å². The Morgan fingerprint density at radius 2 is 1.92 bits per heavy atom. The summed E-state index contributed by atoms with van der Waals surface area (Å²) in [5.41, 5.74) is 3.79. The largest absolute Gasteiger partial charge is 0.315 e. The van der Waals surface area contributed by atoms with Gasteiger partial charge >= 0.3 is 0 Å². The lowest BCUT2D eigenvalue weighted by atomic mass is 9.73. The average molecular weight is 336 g/mol. The van der Waals surface area contributed by atoms with Crippen LogP contribution in [0.1, 0.15) is 53.1 Å². The molecule has 122 valence electrons. The molecule has 1 saturated carbocycles. The predicted octanol–water partition coefficient (Wildman–Crippen LogP) is 4.30. The summed E-state index contributed by atoms with van der Waals surface area (Å²) in [5.74, 6) is 1.01. The number of hydrogen-bond acceptors (Lipinski definition) is 3. The molecule has 5 rings (SSSR count). The molecule has 24 heavy (non-hydrogen) atoms. The first-order valence-corrected chi connectivity index (χ1v) is 9.53. The van der Waals surface area contributed by atoms with E-state index in [0.717, 1.165) is 41.0 Å². The van der Waals surface area contributed by atoms with Crippen molar-refractivity contribution in [2.75, 3.05) is 0 Å². The number of nitrogens with zero attached hydrogens (tertiary/aromatic N) is 2. The van der Waals surface area contributed by atoms with E-state index >= 15 is 0 Å². The van der Waals surface area contributed by atoms with Crippen LogP contribution in [0, 0.1) is 13.8 Å². The maximum atomic E-state index is 12.8. The van der Waals surface area contributed by atoms with Gasteiger partial charge in [0.2, 0.25) is 0 Å². The Hall–Kier alpha value is -1.94. The fourth-order valence-corrected chi connectivity index (χ4v) is 5.91. The highest BCUT2D eigenvalue weighted by molar-refractivity contribution is 7.18. The van der Waals surface area contributed by atoms with Crippen LogP contribution in [0.3, 0.4) is 0 Å². The minimum absolute atomic E-state index is 0.0382. The maximum Gasteiger partial charge on any atom is 0.281 e. The van der Waals surface area contributed by atoms with Crippen LogP contribution < -0.4 is 5.56 Å². The lowest BCUT2D eigenvalue weighted by molar-refractivity contribution is 0.442. The van der Waals surface area contributed by atoms with Crippen LogP contribution in [-0.4, -0.2) is 9.55 Å². The van der Waals surface area contributed by atoms with Crippen molar-refractivity contribution in [2.24, 2.45) is 0 Å². The highest BCUT2D eigenvalue weighted by Crippen LogP contribution is 2.49. The Labute approximate surface area is 145 Å². The molecule has 0 unspecified atom stereocenters. The number of aryl methyl sites for hydroxylation is 2. The van der Waals surface area contributed by atoms with E-state index in [1.54, 1.807) is 11.3 Å². The smallest absolute Gasteiger partial charge is 0.281 e.